The van der Waals surface area contributed by atoms with Crippen LogP contribution in [0.25, 0.3) is 0 Å². The quantitative estimate of drug-likeness (QED) is 0.568. The molecule has 0 radical (unpaired) electrons. The van der Waals surface area contributed by atoms with Crippen molar-refractivity contribution < 1.29 is 19.1 Å². The molecule has 0 unspecified atom stereocenters. The fraction of sp³-hybridized carbons (Fsp3) is 0.160. The fourth-order valence-electron chi connectivity index (χ4n) is 3.54. The summed E-state index contributed by atoms with van der Waals surface area (Å²) in [6.45, 7) is 0.162. The first-order valence-electron chi connectivity index (χ1n) is 10.1. The number of nitrogens with one attached hydrogen (secondary N) is 1. The average Bonchev–Trinajstić information content (AvgIpc) is 3.12. The van der Waals surface area contributed by atoms with E-state index in [9.17, 15) is 14.4 Å². The van der Waals surface area contributed by atoms with E-state index in [1.54, 1.807) is 37.4 Å². The zero-order chi connectivity index (χ0) is 22.5. The summed E-state index contributed by atoms with van der Waals surface area (Å²) in [4.78, 5) is 37.8. The highest BCUT2D eigenvalue weighted by Crippen LogP contribution is 2.26. The lowest BCUT2D eigenvalue weighted by Gasteiger charge is -2.14. The number of benzene rings is 3. The van der Waals surface area contributed by atoms with Gasteiger partial charge in [0.05, 0.1) is 19.4 Å². The van der Waals surface area contributed by atoms with Crippen molar-refractivity contribution in [1.29, 1.82) is 0 Å². The minimum absolute atomic E-state index is 0.162. The van der Waals surface area contributed by atoms with Crippen molar-refractivity contribution in [2.24, 2.45) is 0 Å². The van der Waals surface area contributed by atoms with Crippen LogP contribution in [0.2, 0.25) is 0 Å². The number of nitrogens with zero attached hydrogens (tertiary/aromatic N) is 1. The summed E-state index contributed by atoms with van der Waals surface area (Å²) in [6, 6.07) is 22.5. The number of imide groups is 1. The number of hydrogen-bond donors (Lipinski definition) is 1. The van der Waals surface area contributed by atoms with Crippen molar-refractivity contribution in [3.8, 4) is 5.75 Å². The molecule has 0 bridgehead atoms. The van der Waals surface area contributed by atoms with Crippen LogP contribution in [0.5, 0.6) is 5.75 Å². The molecule has 0 aliphatic carbocycles. The molecule has 32 heavy (non-hydrogen) atoms. The van der Waals surface area contributed by atoms with Gasteiger partial charge in [0.2, 0.25) is 5.91 Å². The van der Waals surface area contributed by atoms with Crippen molar-refractivity contribution in [3.63, 3.8) is 0 Å². The van der Waals surface area contributed by atoms with Gasteiger partial charge in [-0.25, -0.2) is 0 Å². The number of rotatable bonds is 7. The molecule has 1 heterocycles. The first-order valence-corrected chi connectivity index (χ1v) is 11.1. The third kappa shape index (κ3) is 5.00. The molecular weight excluding hydrogens is 424 g/mol. The topological polar surface area (TPSA) is 75.7 Å². The van der Waals surface area contributed by atoms with Gasteiger partial charge in [0.25, 0.3) is 11.1 Å². The number of ether oxygens (including phenoxy) is 1. The molecule has 3 amide bonds. The van der Waals surface area contributed by atoms with Gasteiger partial charge in [-0.05, 0) is 41.5 Å². The molecule has 1 fully saturated rings. The van der Waals surface area contributed by atoms with E-state index in [4.69, 9.17) is 4.74 Å². The number of carbonyl (C=O) groups excluding carboxylic acids is 3. The van der Waals surface area contributed by atoms with Crippen LogP contribution >= 0.6 is 11.8 Å². The van der Waals surface area contributed by atoms with Crippen LogP contribution in [0, 0.1) is 0 Å². The standard InChI is InChI=1S/C25H22N2O4S/c1-31-22-11-10-21(14-20(22)12-17-6-3-2-4-7-17)26-24(29)19-9-5-8-18(13-19)15-27-23(28)16-32-25(27)30/h2-11,13-14H,12,15-16H2,1H3,(H,26,29). The van der Waals surface area contributed by atoms with Crippen molar-refractivity contribution >= 4 is 34.5 Å². The molecule has 3 aromatic rings. The summed E-state index contributed by atoms with van der Waals surface area (Å²) in [5, 5.41) is 2.67. The Kier molecular flexibility index (Phi) is 6.56. The predicted octanol–water partition coefficient (Wildman–Crippen LogP) is 4.73. The van der Waals surface area contributed by atoms with Crippen molar-refractivity contribution in [2.45, 2.75) is 13.0 Å². The van der Waals surface area contributed by atoms with Crippen LogP contribution in [0.1, 0.15) is 27.0 Å². The highest BCUT2D eigenvalue weighted by atomic mass is 32.2. The van der Waals surface area contributed by atoms with Gasteiger partial charge < -0.3 is 10.1 Å². The largest absolute Gasteiger partial charge is 0.496 e. The number of anilines is 1. The second-order valence-corrected chi connectivity index (χ2v) is 8.30. The van der Waals surface area contributed by atoms with Crippen LogP contribution in [0.15, 0.2) is 72.8 Å². The summed E-state index contributed by atoms with van der Waals surface area (Å²) in [6.07, 6.45) is 0.680. The van der Waals surface area contributed by atoms with Gasteiger partial charge in [-0.3, -0.25) is 19.3 Å². The van der Waals surface area contributed by atoms with E-state index in [0.29, 0.717) is 17.7 Å². The second kappa shape index (κ2) is 9.70. The molecule has 3 aromatic carbocycles. The van der Waals surface area contributed by atoms with Gasteiger partial charge in [-0.2, -0.15) is 0 Å². The zero-order valence-electron chi connectivity index (χ0n) is 17.5. The first kappa shape index (κ1) is 21.6. The molecule has 1 aliphatic heterocycles. The maximum absolute atomic E-state index is 12.9. The Balaban J connectivity index is 1.49. The van der Waals surface area contributed by atoms with Crippen LogP contribution in [0.3, 0.4) is 0 Å². The second-order valence-electron chi connectivity index (χ2n) is 7.38. The molecule has 1 saturated heterocycles. The highest BCUT2D eigenvalue weighted by Gasteiger charge is 2.29. The highest BCUT2D eigenvalue weighted by molar-refractivity contribution is 8.14. The van der Waals surface area contributed by atoms with Crippen molar-refractivity contribution in [3.05, 3.63) is 95.1 Å². The van der Waals surface area contributed by atoms with Gasteiger partial charge in [0.15, 0.2) is 0 Å². The predicted molar refractivity (Wildman–Crippen MR) is 125 cm³/mol. The number of methoxy groups -OCH3 is 1. The number of thioether (sulfide) groups is 1. The third-order valence-electron chi connectivity index (χ3n) is 5.15. The molecule has 0 spiro atoms. The van der Waals surface area contributed by atoms with E-state index in [-0.39, 0.29) is 29.4 Å². The Labute approximate surface area is 190 Å². The van der Waals surface area contributed by atoms with Gasteiger partial charge in [-0.15, -0.1) is 0 Å². The van der Waals surface area contributed by atoms with Gasteiger partial charge >= 0.3 is 0 Å². The number of carbonyl (C=O) groups is 3. The Morgan fingerprint density at radius 1 is 1.00 bits per heavy atom. The Hall–Kier alpha value is -3.58. The van der Waals surface area contributed by atoms with Gasteiger partial charge in [0, 0.05) is 23.2 Å². The molecule has 0 atom stereocenters. The normalized spacial score (nSPS) is 13.3. The molecule has 0 aromatic heterocycles. The summed E-state index contributed by atoms with van der Waals surface area (Å²) in [5.74, 6) is 0.448. The SMILES string of the molecule is COc1ccc(NC(=O)c2cccc(CN3C(=O)CSC3=O)c2)cc1Cc1ccccc1. The smallest absolute Gasteiger partial charge is 0.289 e. The Morgan fingerprint density at radius 2 is 1.78 bits per heavy atom. The minimum atomic E-state index is -0.267. The van der Waals surface area contributed by atoms with Crippen LogP contribution < -0.4 is 10.1 Å². The Bertz CT molecular complexity index is 1150. The maximum atomic E-state index is 12.9. The summed E-state index contributed by atoms with van der Waals surface area (Å²) in [5.41, 5.74) is 3.95. The van der Waals surface area contributed by atoms with E-state index >= 15 is 0 Å². The maximum Gasteiger partial charge on any atom is 0.289 e. The van der Waals surface area contributed by atoms with E-state index in [1.165, 1.54) is 4.90 Å². The lowest BCUT2D eigenvalue weighted by Crippen LogP contribution is -2.28. The van der Waals surface area contributed by atoms with E-state index in [2.05, 4.69) is 5.32 Å². The molecular formula is C25H22N2O4S. The minimum Gasteiger partial charge on any atom is -0.496 e. The lowest BCUT2D eigenvalue weighted by atomic mass is 10.0. The van der Waals surface area contributed by atoms with Crippen molar-refractivity contribution in [1.82, 2.24) is 4.90 Å². The average molecular weight is 447 g/mol. The van der Waals surface area contributed by atoms with E-state index in [1.807, 2.05) is 42.5 Å². The first-order chi connectivity index (χ1) is 15.5. The van der Waals surface area contributed by atoms with Gasteiger partial charge in [0.1, 0.15) is 5.75 Å². The molecule has 7 heteroatoms. The molecule has 1 N–H and O–H groups in total. The van der Waals surface area contributed by atoms with Crippen molar-refractivity contribution in [2.75, 3.05) is 18.2 Å². The van der Waals surface area contributed by atoms with E-state index in [0.717, 1.165) is 34.2 Å². The molecule has 0 saturated carbocycles. The van der Waals surface area contributed by atoms with Crippen LogP contribution in [-0.4, -0.2) is 34.8 Å². The Morgan fingerprint density at radius 3 is 2.50 bits per heavy atom. The molecule has 162 valence electrons. The summed E-state index contributed by atoms with van der Waals surface area (Å²) >= 11 is 0.998. The molecule has 4 rings (SSSR count). The molecule has 1 aliphatic rings. The van der Waals surface area contributed by atoms with Gasteiger partial charge in [-0.1, -0.05) is 54.2 Å². The summed E-state index contributed by atoms with van der Waals surface area (Å²) in [7, 11) is 1.63. The van der Waals surface area contributed by atoms with Crippen LogP contribution in [-0.2, 0) is 17.8 Å². The number of hydrogen-bond acceptors (Lipinski definition) is 5. The van der Waals surface area contributed by atoms with E-state index < -0.39 is 0 Å². The monoisotopic (exact) mass is 446 g/mol. The lowest BCUT2D eigenvalue weighted by molar-refractivity contribution is -0.125. The van der Waals surface area contributed by atoms with Crippen LogP contribution in [0.4, 0.5) is 10.5 Å². The zero-order valence-corrected chi connectivity index (χ0v) is 18.4. The fourth-order valence-corrected chi connectivity index (χ4v) is 4.27. The third-order valence-corrected chi connectivity index (χ3v) is 6.00. The number of amides is 3. The summed E-state index contributed by atoms with van der Waals surface area (Å²) < 4.78 is 5.48. The molecule has 6 nitrogen and oxygen atoms in total.